The minimum absolute atomic E-state index is 0.0489. The van der Waals surface area contributed by atoms with Crippen LogP contribution in [0, 0.1) is 5.92 Å². The molecule has 1 aromatic carbocycles. The van der Waals surface area contributed by atoms with Gasteiger partial charge in [0, 0.05) is 24.7 Å². The normalized spacial score (nSPS) is 25.3. The van der Waals surface area contributed by atoms with Gasteiger partial charge in [0.05, 0.1) is 10.1 Å². The Morgan fingerprint density at radius 3 is 2.40 bits per heavy atom. The van der Waals surface area contributed by atoms with Crippen LogP contribution in [0.3, 0.4) is 0 Å². The SMILES string of the molecule is CC1CCN(C(=O)c2ccc(S(=O)(=O)C3CCCC3)cc2)C(CN)C1. The van der Waals surface area contributed by atoms with Crippen LogP contribution in [0.2, 0.25) is 0 Å². The molecule has 1 amide bonds. The maximum Gasteiger partial charge on any atom is 0.254 e. The van der Waals surface area contributed by atoms with Crippen LogP contribution in [0.5, 0.6) is 0 Å². The van der Waals surface area contributed by atoms with Crippen LogP contribution in [0.1, 0.15) is 55.8 Å². The van der Waals surface area contributed by atoms with Gasteiger partial charge in [-0.15, -0.1) is 0 Å². The number of nitrogens with two attached hydrogens (primary N) is 1. The van der Waals surface area contributed by atoms with E-state index in [-0.39, 0.29) is 17.2 Å². The van der Waals surface area contributed by atoms with Crippen LogP contribution in [0.4, 0.5) is 0 Å². The van der Waals surface area contributed by atoms with Gasteiger partial charge in [-0.1, -0.05) is 19.8 Å². The average Bonchev–Trinajstić information content (AvgIpc) is 3.16. The number of carbonyl (C=O) groups excluding carboxylic acids is 1. The lowest BCUT2D eigenvalue weighted by molar-refractivity contribution is 0.0573. The van der Waals surface area contributed by atoms with E-state index in [1.54, 1.807) is 24.3 Å². The zero-order valence-electron chi connectivity index (χ0n) is 14.9. The Kier molecular flexibility index (Phi) is 5.49. The van der Waals surface area contributed by atoms with Gasteiger partial charge in [-0.25, -0.2) is 8.42 Å². The number of benzene rings is 1. The molecule has 2 atom stereocenters. The molecule has 3 rings (SSSR count). The average molecular weight is 365 g/mol. The highest BCUT2D eigenvalue weighted by atomic mass is 32.2. The number of hydrogen-bond donors (Lipinski definition) is 1. The fraction of sp³-hybridized carbons (Fsp3) is 0.632. The number of rotatable bonds is 4. The van der Waals surface area contributed by atoms with E-state index < -0.39 is 9.84 Å². The lowest BCUT2D eigenvalue weighted by atomic mass is 9.92. The lowest BCUT2D eigenvalue weighted by Crippen LogP contribution is -2.49. The van der Waals surface area contributed by atoms with Gasteiger partial charge in [-0.2, -0.15) is 0 Å². The number of sulfone groups is 1. The first-order valence-corrected chi connectivity index (χ1v) is 10.8. The van der Waals surface area contributed by atoms with Crippen LogP contribution >= 0.6 is 0 Å². The summed E-state index contributed by atoms with van der Waals surface area (Å²) in [4.78, 5) is 15.0. The summed E-state index contributed by atoms with van der Waals surface area (Å²) < 4.78 is 25.3. The topological polar surface area (TPSA) is 80.5 Å². The molecule has 2 aliphatic rings. The Morgan fingerprint density at radius 2 is 1.80 bits per heavy atom. The van der Waals surface area contributed by atoms with Crippen molar-refractivity contribution in [1.29, 1.82) is 0 Å². The van der Waals surface area contributed by atoms with Crippen molar-refractivity contribution in [3.63, 3.8) is 0 Å². The fourth-order valence-electron chi connectivity index (χ4n) is 4.09. The van der Waals surface area contributed by atoms with Crippen molar-refractivity contribution in [3.05, 3.63) is 29.8 Å². The molecular weight excluding hydrogens is 336 g/mol. The summed E-state index contributed by atoms with van der Waals surface area (Å²) in [6.07, 6.45) is 5.36. The van der Waals surface area contributed by atoms with Crippen molar-refractivity contribution >= 4 is 15.7 Å². The van der Waals surface area contributed by atoms with Crippen LogP contribution < -0.4 is 5.73 Å². The van der Waals surface area contributed by atoms with E-state index in [9.17, 15) is 13.2 Å². The minimum Gasteiger partial charge on any atom is -0.334 e. The molecule has 0 radical (unpaired) electrons. The molecule has 1 aromatic rings. The molecule has 1 saturated heterocycles. The largest absolute Gasteiger partial charge is 0.334 e. The van der Waals surface area contributed by atoms with Gasteiger partial charge in [0.25, 0.3) is 5.91 Å². The summed E-state index contributed by atoms with van der Waals surface area (Å²) in [6.45, 7) is 3.36. The minimum atomic E-state index is -3.27. The number of nitrogens with zero attached hydrogens (tertiary/aromatic N) is 1. The Hall–Kier alpha value is -1.40. The Morgan fingerprint density at radius 1 is 1.16 bits per heavy atom. The summed E-state index contributed by atoms with van der Waals surface area (Å²) in [5, 5.41) is -0.265. The number of piperidine rings is 1. The van der Waals surface area contributed by atoms with Crippen molar-refractivity contribution in [2.45, 2.75) is 61.6 Å². The molecule has 2 N–H and O–H groups in total. The van der Waals surface area contributed by atoms with Gasteiger partial charge in [0.1, 0.15) is 0 Å². The first kappa shape index (κ1) is 18.4. The smallest absolute Gasteiger partial charge is 0.254 e. The molecule has 1 heterocycles. The van der Waals surface area contributed by atoms with E-state index in [2.05, 4.69) is 6.92 Å². The molecule has 25 heavy (non-hydrogen) atoms. The second-order valence-corrected chi connectivity index (χ2v) is 9.72. The number of carbonyl (C=O) groups is 1. The number of likely N-dealkylation sites (tertiary alicyclic amines) is 1. The maximum absolute atomic E-state index is 12.8. The van der Waals surface area contributed by atoms with Crippen molar-refractivity contribution < 1.29 is 13.2 Å². The summed E-state index contributed by atoms with van der Waals surface area (Å²) in [5.74, 6) is 0.531. The quantitative estimate of drug-likeness (QED) is 0.890. The van der Waals surface area contributed by atoms with Gasteiger partial charge < -0.3 is 10.6 Å². The van der Waals surface area contributed by atoms with Gasteiger partial charge in [-0.3, -0.25) is 4.79 Å². The van der Waals surface area contributed by atoms with Crippen LogP contribution in [0.25, 0.3) is 0 Å². The second kappa shape index (κ2) is 7.46. The van der Waals surface area contributed by atoms with Gasteiger partial charge in [-0.05, 0) is 55.9 Å². The van der Waals surface area contributed by atoms with E-state index in [4.69, 9.17) is 5.73 Å². The molecule has 1 aliphatic carbocycles. The van der Waals surface area contributed by atoms with Crippen molar-refractivity contribution in [1.82, 2.24) is 4.90 Å². The molecule has 1 saturated carbocycles. The van der Waals surface area contributed by atoms with Crippen molar-refractivity contribution in [2.75, 3.05) is 13.1 Å². The highest BCUT2D eigenvalue weighted by molar-refractivity contribution is 7.92. The third-order valence-corrected chi connectivity index (χ3v) is 7.96. The summed E-state index contributed by atoms with van der Waals surface area (Å²) in [6, 6.07) is 6.54. The molecule has 2 unspecified atom stereocenters. The highest BCUT2D eigenvalue weighted by Gasteiger charge is 2.32. The Labute approximate surface area is 150 Å². The second-order valence-electron chi connectivity index (χ2n) is 7.49. The third-order valence-electron chi connectivity index (χ3n) is 5.68. The van der Waals surface area contributed by atoms with Gasteiger partial charge in [0.2, 0.25) is 0 Å². The predicted octanol–water partition coefficient (Wildman–Crippen LogP) is 2.60. The molecule has 138 valence electrons. The molecule has 0 aromatic heterocycles. The van der Waals surface area contributed by atoms with Gasteiger partial charge in [0.15, 0.2) is 9.84 Å². The first-order valence-electron chi connectivity index (χ1n) is 9.28. The predicted molar refractivity (Wildman–Crippen MR) is 98.2 cm³/mol. The molecule has 0 spiro atoms. The molecule has 5 nitrogen and oxygen atoms in total. The van der Waals surface area contributed by atoms with Crippen LogP contribution in [0.15, 0.2) is 29.2 Å². The van der Waals surface area contributed by atoms with E-state index in [0.29, 0.717) is 29.5 Å². The summed E-state index contributed by atoms with van der Waals surface area (Å²) >= 11 is 0. The van der Waals surface area contributed by atoms with Crippen LogP contribution in [-0.2, 0) is 9.84 Å². The van der Waals surface area contributed by atoms with E-state index in [1.165, 1.54) is 0 Å². The lowest BCUT2D eigenvalue weighted by Gasteiger charge is -2.38. The van der Waals surface area contributed by atoms with E-state index in [1.807, 2.05) is 4.90 Å². The van der Waals surface area contributed by atoms with Crippen molar-refractivity contribution in [3.8, 4) is 0 Å². The molecule has 0 bridgehead atoms. The maximum atomic E-state index is 12.8. The Balaban J connectivity index is 1.76. The van der Waals surface area contributed by atoms with Gasteiger partial charge >= 0.3 is 0 Å². The molecule has 6 heteroatoms. The molecule has 1 aliphatic heterocycles. The fourth-order valence-corrected chi connectivity index (χ4v) is 5.94. The van der Waals surface area contributed by atoms with E-state index in [0.717, 1.165) is 38.5 Å². The highest BCUT2D eigenvalue weighted by Crippen LogP contribution is 2.30. The molecular formula is C19H28N2O3S. The first-order chi connectivity index (χ1) is 11.9. The number of amides is 1. The van der Waals surface area contributed by atoms with Crippen LogP contribution in [-0.4, -0.2) is 43.6 Å². The zero-order valence-corrected chi connectivity index (χ0v) is 15.7. The number of hydrogen-bond acceptors (Lipinski definition) is 4. The summed E-state index contributed by atoms with van der Waals surface area (Å²) in [7, 11) is -3.27. The third kappa shape index (κ3) is 3.75. The van der Waals surface area contributed by atoms with Crippen molar-refractivity contribution in [2.24, 2.45) is 11.7 Å². The standard InChI is InChI=1S/C19H28N2O3S/c1-14-10-11-21(16(12-14)13-20)19(22)15-6-8-18(9-7-15)25(23,24)17-4-2-3-5-17/h6-9,14,16-17H,2-5,10-13,20H2,1H3. The van der Waals surface area contributed by atoms with E-state index >= 15 is 0 Å². The monoisotopic (exact) mass is 364 g/mol. The Bertz CT molecular complexity index is 709. The zero-order chi connectivity index (χ0) is 18.0. The summed E-state index contributed by atoms with van der Waals surface area (Å²) in [5.41, 5.74) is 6.39. The molecule has 2 fully saturated rings.